The van der Waals surface area contributed by atoms with Crippen LogP contribution in [0.4, 0.5) is 5.69 Å². The molecule has 3 heteroatoms. The first-order valence-corrected chi connectivity index (χ1v) is 10.3. The Morgan fingerprint density at radius 1 is 0.692 bits per heavy atom. The van der Waals surface area contributed by atoms with E-state index in [1.807, 2.05) is 0 Å². The molecule has 0 aromatic heterocycles. The van der Waals surface area contributed by atoms with Crippen LogP contribution in [0.3, 0.4) is 0 Å². The Balaban J connectivity index is 2.20. The van der Waals surface area contributed by atoms with Gasteiger partial charge in [0, 0.05) is 38.7 Å². The molecule has 0 aliphatic heterocycles. The number of rotatable bonds is 6. The van der Waals surface area contributed by atoms with Crippen molar-refractivity contribution in [2.75, 3.05) is 32.6 Å². The lowest BCUT2D eigenvalue weighted by Crippen LogP contribution is -2.26. The molecule has 134 valence electrons. The molecule has 3 aromatic rings. The molecule has 0 saturated heterocycles. The van der Waals surface area contributed by atoms with Gasteiger partial charge in [0.1, 0.15) is 0 Å². The minimum atomic E-state index is -0.573. The molecular formula is C23H27N2P. The van der Waals surface area contributed by atoms with Gasteiger partial charge in [-0.3, -0.25) is 4.67 Å². The van der Waals surface area contributed by atoms with E-state index in [0.717, 1.165) is 6.54 Å². The second-order valence-electron chi connectivity index (χ2n) is 6.55. The van der Waals surface area contributed by atoms with Crippen LogP contribution >= 0.6 is 8.07 Å². The summed E-state index contributed by atoms with van der Waals surface area (Å²) in [6, 6.07) is 28.4. The molecule has 26 heavy (non-hydrogen) atoms. The highest BCUT2D eigenvalue weighted by Crippen LogP contribution is 2.41. The van der Waals surface area contributed by atoms with Crippen molar-refractivity contribution in [3.63, 3.8) is 0 Å². The Labute approximate surface area is 158 Å². The van der Waals surface area contributed by atoms with Crippen LogP contribution in [0.1, 0.15) is 6.92 Å². The lowest BCUT2D eigenvalue weighted by molar-refractivity contribution is 0.591. The van der Waals surface area contributed by atoms with Crippen molar-refractivity contribution >= 4 is 24.4 Å². The van der Waals surface area contributed by atoms with Crippen molar-refractivity contribution in [2.24, 2.45) is 0 Å². The molecule has 3 rings (SSSR count). The molecule has 2 nitrogen and oxygen atoms in total. The van der Waals surface area contributed by atoms with Crippen LogP contribution in [-0.2, 0) is 0 Å². The Kier molecular flexibility index (Phi) is 6.08. The summed E-state index contributed by atoms with van der Waals surface area (Å²) in [7, 11) is 5.88. The lowest BCUT2D eigenvalue weighted by atomic mass is 10.0. The van der Waals surface area contributed by atoms with Gasteiger partial charge >= 0.3 is 0 Å². The smallest absolute Gasteiger partial charge is 0.0440 e. The summed E-state index contributed by atoms with van der Waals surface area (Å²) >= 11 is 0. The lowest BCUT2D eigenvalue weighted by Gasteiger charge is -2.30. The molecule has 0 heterocycles. The van der Waals surface area contributed by atoms with Gasteiger partial charge < -0.3 is 4.90 Å². The molecule has 0 fully saturated rings. The predicted octanol–water partition coefficient (Wildman–Crippen LogP) is 4.72. The van der Waals surface area contributed by atoms with E-state index in [-0.39, 0.29) is 0 Å². The Morgan fingerprint density at radius 2 is 1.27 bits per heavy atom. The van der Waals surface area contributed by atoms with Crippen LogP contribution in [0.25, 0.3) is 11.1 Å². The summed E-state index contributed by atoms with van der Waals surface area (Å²) in [6.45, 7) is 3.25. The van der Waals surface area contributed by atoms with Gasteiger partial charge in [0.2, 0.25) is 0 Å². The molecule has 1 atom stereocenters. The normalized spacial score (nSPS) is 12.2. The summed E-state index contributed by atoms with van der Waals surface area (Å²) in [6.07, 6.45) is 0. The summed E-state index contributed by atoms with van der Waals surface area (Å²) < 4.78 is 2.47. The maximum absolute atomic E-state index is 2.47. The minimum absolute atomic E-state index is 0.573. The summed E-state index contributed by atoms with van der Waals surface area (Å²) in [4.78, 5) is 2.19. The molecule has 1 unspecified atom stereocenters. The zero-order chi connectivity index (χ0) is 18.5. The monoisotopic (exact) mass is 362 g/mol. The van der Waals surface area contributed by atoms with E-state index in [1.165, 1.54) is 27.4 Å². The number of para-hydroxylation sites is 1. The van der Waals surface area contributed by atoms with Crippen LogP contribution in [0, 0.1) is 0 Å². The van der Waals surface area contributed by atoms with Gasteiger partial charge in [-0.15, -0.1) is 0 Å². The maximum atomic E-state index is 2.47. The quantitative estimate of drug-likeness (QED) is 0.586. The van der Waals surface area contributed by atoms with Gasteiger partial charge in [-0.1, -0.05) is 79.7 Å². The average molecular weight is 362 g/mol. The van der Waals surface area contributed by atoms with Crippen molar-refractivity contribution in [1.82, 2.24) is 4.67 Å². The van der Waals surface area contributed by atoms with Gasteiger partial charge in [0.15, 0.2) is 0 Å². The van der Waals surface area contributed by atoms with Gasteiger partial charge in [-0.25, -0.2) is 0 Å². The summed E-state index contributed by atoms with van der Waals surface area (Å²) in [5.74, 6) is 0. The van der Waals surface area contributed by atoms with Crippen molar-refractivity contribution in [3.8, 4) is 11.1 Å². The van der Waals surface area contributed by atoms with Crippen LogP contribution in [-0.4, -0.2) is 32.4 Å². The molecule has 0 spiro atoms. The largest absolute Gasteiger partial charge is 0.377 e. The number of anilines is 1. The fourth-order valence-electron chi connectivity index (χ4n) is 3.21. The highest BCUT2D eigenvalue weighted by Gasteiger charge is 2.22. The molecule has 0 N–H and O–H groups in total. The molecule has 0 aliphatic carbocycles. The molecule has 0 amide bonds. The topological polar surface area (TPSA) is 6.48 Å². The van der Waals surface area contributed by atoms with Crippen LogP contribution in [0.15, 0.2) is 78.9 Å². The second kappa shape index (κ2) is 8.49. The highest BCUT2D eigenvalue weighted by molar-refractivity contribution is 7.71. The highest BCUT2D eigenvalue weighted by atomic mass is 31.1. The number of nitrogens with zero attached hydrogens (tertiary/aromatic N) is 2. The van der Waals surface area contributed by atoms with Crippen LogP contribution in [0.5, 0.6) is 0 Å². The minimum Gasteiger partial charge on any atom is -0.377 e. The Hall–Kier alpha value is -2.15. The molecule has 0 bridgehead atoms. The van der Waals surface area contributed by atoms with E-state index in [4.69, 9.17) is 0 Å². The first kappa shape index (κ1) is 18.6. The zero-order valence-electron chi connectivity index (χ0n) is 16.1. The van der Waals surface area contributed by atoms with Crippen LogP contribution < -0.4 is 15.5 Å². The number of hydrogen-bond donors (Lipinski definition) is 0. The first-order chi connectivity index (χ1) is 12.6. The third-order valence-electron chi connectivity index (χ3n) is 4.61. The predicted molar refractivity (Wildman–Crippen MR) is 117 cm³/mol. The fourth-order valence-corrected chi connectivity index (χ4v) is 5.64. The first-order valence-electron chi connectivity index (χ1n) is 9.05. The van der Waals surface area contributed by atoms with E-state index in [0.29, 0.717) is 0 Å². The van der Waals surface area contributed by atoms with E-state index >= 15 is 0 Å². The van der Waals surface area contributed by atoms with E-state index in [1.54, 1.807) is 0 Å². The summed E-state index contributed by atoms with van der Waals surface area (Å²) in [5.41, 5.74) is 3.87. The third kappa shape index (κ3) is 3.82. The van der Waals surface area contributed by atoms with E-state index in [2.05, 4.69) is 116 Å². The van der Waals surface area contributed by atoms with Gasteiger partial charge in [-0.2, -0.15) is 0 Å². The van der Waals surface area contributed by atoms with Crippen molar-refractivity contribution in [1.29, 1.82) is 0 Å². The standard InChI is InChI=1S/C23H27N2P/c1-5-25(4)26(19-13-7-6-8-14-19)23-18-12-10-16-21(23)20-15-9-11-17-22(20)24(2)3/h6-18H,5H2,1-4H3. The number of benzene rings is 3. The fraction of sp³-hybridized carbons (Fsp3) is 0.217. The molecule has 0 aliphatic rings. The molecular weight excluding hydrogens is 335 g/mol. The maximum Gasteiger partial charge on any atom is 0.0440 e. The van der Waals surface area contributed by atoms with E-state index < -0.39 is 8.07 Å². The molecule has 0 saturated carbocycles. The molecule has 3 aromatic carbocycles. The zero-order valence-corrected chi connectivity index (χ0v) is 16.9. The third-order valence-corrected chi connectivity index (χ3v) is 7.21. The Bertz CT molecular complexity index is 846. The van der Waals surface area contributed by atoms with Gasteiger partial charge in [-0.05, 0) is 30.5 Å². The second-order valence-corrected chi connectivity index (χ2v) is 8.85. The Morgan fingerprint density at radius 3 is 1.92 bits per heavy atom. The van der Waals surface area contributed by atoms with Crippen LogP contribution in [0.2, 0.25) is 0 Å². The SMILES string of the molecule is CCN(C)P(c1ccccc1)c1ccccc1-c1ccccc1N(C)C. The molecule has 0 radical (unpaired) electrons. The average Bonchev–Trinajstić information content (AvgIpc) is 2.69. The van der Waals surface area contributed by atoms with Crippen molar-refractivity contribution in [3.05, 3.63) is 78.9 Å². The number of hydrogen-bond acceptors (Lipinski definition) is 2. The van der Waals surface area contributed by atoms with E-state index in [9.17, 15) is 0 Å². The van der Waals surface area contributed by atoms with Gasteiger partial charge in [0.05, 0.1) is 0 Å². The van der Waals surface area contributed by atoms with Crippen molar-refractivity contribution in [2.45, 2.75) is 6.92 Å². The van der Waals surface area contributed by atoms with Gasteiger partial charge in [0.25, 0.3) is 0 Å². The van der Waals surface area contributed by atoms with Crippen molar-refractivity contribution < 1.29 is 0 Å². The summed E-state index contributed by atoms with van der Waals surface area (Å²) in [5, 5.41) is 2.80.